The summed E-state index contributed by atoms with van der Waals surface area (Å²) >= 11 is 0. The van der Waals surface area contributed by atoms with Crippen molar-refractivity contribution in [3.63, 3.8) is 0 Å². The molecule has 0 saturated heterocycles. The average Bonchev–Trinajstić information content (AvgIpc) is 3.22. The molecule has 0 radical (unpaired) electrons. The Balaban J connectivity index is 1.74. The molecule has 0 saturated carbocycles. The van der Waals surface area contributed by atoms with Crippen LogP contribution in [-0.4, -0.2) is 26.5 Å². The minimum Gasteiger partial charge on any atom is -0.480 e. The van der Waals surface area contributed by atoms with Crippen molar-refractivity contribution in [3.05, 3.63) is 83.5 Å². The molecule has 2 atom stereocenters. The molecule has 2 aromatic heterocycles. The standard InChI is InChI=1S/C22H23N5O2/c1-5-19(29-20-7-6-15(2)12-16(20)3)22(28)26-17-8-9-25-18(13-17)21(23-4)27-11-10-24-14-27/h6-14,19,21H,5H2,1-3H3,(H,25,26,28). The van der Waals surface area contributed by atoms with E-state index in [1.807, 2.05) is 39.0 Å². The van der Waals surface area contributed by atoms with Gasteiger partial charge in [0.2, 0.25) is 0 Å². The van der Waals surface area contributed by atoms with Crippen molar-refractivity contribution < 1.29 is 9.53 Å². The molecule has 7 nitrogen and oxygen atoms in total. The lowest BCUT2D eigenvalue weighted by molar-refractivity contribution is -0.122. The summed E-state index contributed by atoms with van der Waals surface area (Å²) in [4.78, 5) is 24.7. The van der Waals surface area contributed by atoms with E-state index < -0.39 is 12.3 Å². The summed E-state index contributed by atoms with van der Waals surface area (Å²) in [5.74, 6) is 0.452. The predicted octanol–water partition coefficient (Wildman–Crippen LogP) is 4.16. The summed E-state index contributed by atoms with van der Waals surface area (Å²) in [6, 6.07) is 9.26. The van der Waals surface area contributed by atoms with Gasteiger partial charge in [0.05, 0.1) is 0 Å². The molecule has 0 aliphatic heterocycles. The summed E-state index contributed by atoms with van der Waals surface area (Å²) in [6.07, 6.45) is 5.73. The number of imidazole rings is 1. The van der Waals surface area contributed by atoms with Crippen molar-refractivity contribution in [2.75, 3.05) is 5.32 Å². The van der Waals surface area contributed by atoms with E-state index in [0.29, 0.717) is 23.6 Å². The third-order valence-electron chi connectivity index (χ3n) is 4.51. The molecule has 1 N–H and O–H groups in total. The van der Waals surface area contributed by atoms with E-state index in [1.165, 1.54) is 0 Å². The van der Waals surface area contributed by atoms with Gasteiger partial charge >= 0.3 is 6.17 Å². The molecule has 0 spiro atoms. The van der Waals surface area contributed by atoms with Gasteiger partial charge in [0.25, 0.3) is 5.91 Å². The summed E-state index contributed by atoms with van der Waals surface area (Å²) < 4.78 is 7.62. The molecule has 2 unspecified atom stereocenters. The van der Waals surface area contributed by atoms with Crippen LogP contribution in [0.25, 0.3) is 4.85 Å². The Morgan fingerprint density at radius 1 is 1.28 bits per heavy atom. The Morgan fingerprint density at radius 3 is 2.76 bits per heavy atom. The van der Waals surface area contributed by atoms with Gasteiger partial charge in [-0.1, -0.05) is 24.6 Å². The van der Waals surface area contributed by atoms with E-state index in [-0.39, 0.29) is 5.91 Å². The minimum absolute atomic E-state index is 0.244. The highest BCUT2D eigenvalue weighted by Crippen LogP contribution is 2.23. The van der Waals surface area contributed by atoms with Gasteiger partial charge in [0, 0.05) is 24.3 Å². The maximum absolute atomic E-state index is 12.8. The largest absolute Gasteiger partial charge is 0.480 e. The normalized spacial score (nSPS) is 12.6. The third-order valence-corrected chi connectivity index (χ3v) is 4.51. The van der Waals surface area contributed by atoms with Crippen LogP contribution in [0.2, 0.25) is 0 Å². The number of nitrogens with zero attached hydrogens (tertiary/aromatic N) is 4. The highest BCUT2D eigenvalue weighted by atomic mass is 16.5. The maximum atomic E-state index is 12.8. The zero-order valence-corrected chi connectivity index (χ0v) is 16.7. The molecule has 0 aliphatic carbocycles. The van der Waals surface area contributed by atoms with Crippen LogP contribution in [0, 0.1) is 20.4 Å². The second-order valence-electron chi connectivity index (χ2n) is 6.75. The van der Waals surface area contributed by atoms with E-state index in [9.17, 15) is 4.79 Å². The molecular weight excluding hydrogens is 366 g/mol. The van der Waals surface area contributed by atoms with E-state index in [4.69, 9.17) is 11.3 Å². The minimum atomic E-state index is -0.636. The summed E-state index contributed by atoms with van der Waals surface area (Å²) in [5, 5.41) is 2.88. The number of aryl methyl sites for hydroxylation is 2. The molecular formula is C22H23N5O2. The lowest BCUT2D eigenvalue weighted by atomic mass is 10.1. The SMILES string of the molecule is [C-]#[N+]C(c1cc(NC(=O)C(CC)Oc2ccc(C)cc2C)ccn1)n1ccnc1. The second kappa shape index (κ2) is 9.02. The molecule has 1 aromatic carbocycles. The van der Waals surface area contributed by atoms with Gasteiger partial charge in [0.1, 0.15) is 17.8 Å². The molecule has 0 bridgehead atoms. The first kappa shape index (κ1) is 20.1. The fourth-order valence-electron chi connectivity index (χ4n) is 3.00. The quantitative estimate of drug-likeness (QED) is 0.616. The van der Waals surface area contributed by atoms with E-state index in [0.717, 1.165) is 11.1 Å². The number of ether oxygens (including phenoxy) is 1. The zero-order chi connectivity index (χ0) is 20.8. The first-order valence-corrected chi connectivity index (χ1v) is 9.36. The van der Waals surface area contributed by atoms with E-state index in [1.54, 1.807) is 41.6 Å². The summed E-state index contributed by atoms with van der Waals surface area (Å²) in [6.45, 7) is 13.4. The molecule has 0 fully saturated rings. The van der Waals surface area contributed by atoms with Crippen LogP contribution >= 0.6 is 0 Å². The highest BCUT2D eigenvalue weighted by Gasteiger charge is 2.22. The molecule has 1 amide bonds. The Labute approximate surface area is 170 Å². The highest BCUT2D eigenvalue weighted by molar-refractivity contribution is 5.94. The lowest BCUT2D eigenvalue weighted by Gasteiger charge is -2.19. The third kappa shape index (κ3) is 4.79. The lowest BCUT2D eigenvalue weighted by Crippen LogP contribution is -2.32. The second-order valence-corrected chi connectivity index (χ2v) is 6.75. The van der Waals surface area contributed by atoms with Crippen LogP contribution < -0.4 is 10.1 Å². The van der Waals surface area contributed by atoms with Crippen LogP contribution in [-0.2, 0) is 4.79 Å². The molecule has 7 heteroatoms. The smallest absolute Gasteiger partial charge is 0.346 e. The first-order chi connectivity index (χ1) is 14.0. The number of hydrogen-bond donors (Lipinski definition) is 1. The number of aromatic nitrogens is 3. The van der Waals surface area contributed by atoms with E-state index >= 15 is 0 Å². The van der Waals surface area contributed by atoms with Crippen molar-refractivity contribution >= 4 is 11.6 Å². The van der Waals surface area contributed by atoms with Gasteiger partial charge in [-0.05, 0) is 44.0 Å². The zero-order valence-electron chi connectivity index (χ0n) is 16.7. The molecule has 148 valence electrons. The number of benzene rings is 1. The molecule has 29 heavy (non-hydrogen) atoms. The number of carbonyl (C=O) groups is 1. The number of hydrogen-bond acceptors (Lipinski definition) is 4. The van der Waals surface area contributed by atoms with Crippen LogP contribution in [0.1, 0.15) is 36.3 Å². The Morgan fingerprint density at radius 2 is 2.10 bits per heavy atom. The van der Waals surface area contributed by atoms with Crippen molar-refractivity contribution in [2.24, 2.45) is 0 Å². The van der Waals surface area contributed by atoms with Crippen LogP contribution in [0.4, 0.5) is 5.69 Å². The topological polar surface area (TPSA) is 73.4 Å². The molecule has 2 heterocycles. The van der Waals surface area contributed by atoms with Crippen LogP contribution in [0.3, 0.4) is 0 Å². The molecule has 3 aromatic rings. The van der Waals surface area contributed by atoms with Gasteiger partial charge in [-0.15, -0.1) is 0 Å². The van der Waals surface area contributed by atoms with Crippen molar-refractivity contribution in [2.45, 2.75) is 39.5 Å². The summed E-state index contributed by atoms with van der Waals surface area (Å²) in [7, 11) is 0. The number of carbonyl (C=O) groups excluding carboxylic acids is 1. The number of nitrogens with one attached hydrogen (secondary N) is 1. The Hall–Kier alpha value is -3.66. The van der Waals surface area contributed by atoms with Gasteiger partial charge in [-0.3, -0.25) is 19.2 Å². The number of amides is 1. The van der Waals surface area contributed by atoms with Crippen molar-refractivity contribution in [1.29, 1.82) is 0 Å². The van der Waals surface area contributed by atoms with Gasteiger partial charge in [-0.2, -0.15) is 0 Å². The molecule has 3 rings (SSSR count). The Kier molecular flexibility index (Phi) is 6.25. The van der Waals surface area contributed by atoms with Gasteiger partial charge < -0.3 is 10.1 Å². The molecule has 0 aliphatic rings. The maximum Gasteiger partial charge on any atom is 0.346 e. The fourth-order valence-corrected chi connectivity index (χ4v) is 3.00. The summed E-state index contributed by atoms with van der Waals surface area (Å²) in [5.41, 5.74) is 3.22. The fraction of sp³-hybridized carbons (Fsp3) is 0.273. The number of pyridine rings is 1. The average molecular weight is 389 g/mol. The van der Waals surface area contributed by atoms with Crippen molar-refractivity contribution in [1.82, 2.24) is 14.5 Å². The first-order valence-electron chi connectivity index (χ1n) is 9.36. The number of rotatable bonds is 7. The Bertz CT molecular complexity index is 1020. The van der Waals surface area contributed by atoms with E-state index in [2.05, 4.69) is 20.1 Å². The number of anilines is 1. The van der Waals surface area contributed by atoms with Crippen molar-refractivity contribution in [3.8, 4) is 5.75 Å². The van der Waals surface area contributed by atoms with Crippen LogP contribution in [0.5, 0.6) is 5.75 Å². The van der Waals surface area contributed by atoms with Gasteiger partial charge in [-0.25, -0.2) is 11.6 Å². The monoisotopic (exact) mass is 389 g/mol. The van der Waals surface area contributed by atoms with Gasteiger partial charge in [0.15, 0.2) is 6.10 Å². The predicted molar refractivity (Wildman–Crippen MR) is 110 cm³/mol. The van der Waals surface area contributed by atoms with Crippen LogP contribution in [0.15, 0.2) is 55.2 Å².